The number of benzene rings is 3. The van der Waals surface area contributed by atoms with Gasteiger partial charge < -0.3 is 4.90 Å². The summed E-state index contributed by atoms with van der Waals surface area (Å²) in [5.41, 5.74) is 0.537. The molecule has 0 aliphatic rings. The van der Waals surface area contributed by atoms with Crippen LogP contribution in [-0.4, -0.2) is 32.2 Å². The van der Waals surface area contributed by atoms with Gasteiger partial charge >= 0.3 is 5.69 Å². The van der Waals surface area contributed by atoms with E-state index < -0.39 is 23.2 Å². The summed E-state index contributed by atoms with van der Waals surface area (Å²) in [5.74, 6) is -0.553. The molecule has 0 spiro atoms. The lowest BCUT2D eigenvalue weighted by Crippen LogP contribution is -2.47. The molecule has 1 aromatic heterocycles. The maximum atomic E-state index is 13.4. The van der Waals surface area contributed by atoms with E-state index in [9.17, 15) is 14.4 Å². The summed E-state index contributed by atoms with van der Waals surface area (Å²) in [4.78, 5) is 41.5. The molecule has 0 saturated heterocycles. The first kappa shape index (κ1) is 22.0. The molecular formula is C26H24N4O3. The van der Waals surface area contributed by atoms with Gasteiger partial charge in [0.05, 0.1) is 11.7 Å². The normalized spacial score (nSPS) is 11.7. The van der Waals surface area contributed by atoms with E-state index in [0.29, 0.717) is 12.2 Å². The fraction of sp³-hybridized carbons (Fsp3) is 0.154. The Morgan fingerprint density at radius 3 is 2.03 bits per heavy atom. The average Bonchev–Trinajstić information content (AvgIpc) is 2.85. The molecule has 7 heteroatoms. The van der Waals surface area contributed by atoms with E-state index >= 15 is 0 Å². The molecule has 166 valence electrons. The van der Waals surface area contributed by atoms with E-state index in [2.05, 4.69) is 5.10 Å². The van der Waals surface area contributed by atoms with Crippen LogP contribution in [0.3, 0.4) is 0 Å². The van der Waals surface area contributed by atoms with Crippen molar-refractivity contribution in [3.8, 4) is 5.69 Å². The Bertz CT molecular complexity index is 1360. The number of amides is 1. The molecule has 0 saturated carbocycles. The molecule has 1 amide bonds. The zero-order chi connectivity index (χ0) is 23.4. The standard InChI is InChI=1S/C26H24N4O3/c1-19(21-14-8-4-9-15-21)29-25(32)23(24(31)28(2)18-20-12-6-3-7-13-20)27-30(26(29)33)22-16-10-5-11-17-22/h3-17,19H,18H2,1-2H3/t19-/m1/s1. The first-order valence-corrected chi connectivity index (χ1v) is 10.6. The summed E-state index contributed by atoms with van der Waals surface area (Å²) >= 11 is 0. The Morgan fingerprint density at radius 1 is 0.879 bits per heavy atom. The van der Waals surface area contributed by atoms with Crippen molar-refractivity contribution in [2.45, 2.75) is 19.5 Å². The van der Waals surface area contributed by atoms with Crippen LogP contribution in [0, 0.1) is 0 Å². The number of rotatable bonds is 6. The van der Waals surface area contributed by atoms with Crippen LogP contribution in [0.5, 0.6) is 0 Å². The molecule has 1 heterocycles. The highest BCUT2D eigenvalue weighted by atomic mass is 16.2. The Balaban J connectivity index is 1.85. The molecule has 0 unspecified atom stereocenters. The van der Waals surface area contributed by atoms with Crippen molar-refractivity contribution in [2.24, 2.45) is 0 Å². The Hall–Kier alpha value is -4.26. The van der Waals surface area contributed by atoms with E-state index in [4.69, 9.17) is 0 Å². The van der Waals surface area contributed by atoms with Gasteiger partial charge in [0, 0.05) is 13.6 Å². The Kier molecular flexibility index (Phi) is 6.31. The van der Waals surface area contributed by atoms with Gasteiger partial charge in [-0.3, -0.25) is 9.59 Å². The van der Waals surface area contributed by atoms with Gasteiger partial charge in [0.2, 0.25) is 5.69 Å². The Labute approximate surface area is 191 Å². The van der Waals surface area contributed by atoms with Crippen LogP contribution >= 0.6 is 0 Å². The zero-order valence-corrected chi connectivity index (χ0v) is 18.5. The number of para-hydroxylation sites is 1. The highest BCUT2D eigenvalue weighted by Crippen LogP contribution is 2.15. The molecule has 0 N–H and O–H groups in total. The van der Waals surface area contributed by atoms with Gasteiger partial charge in [0.15, 0.2) is 0 Å². The lowest BCUT2D eigenvalue weighted by molar-refractivity contribution is 0.0773. The molecule has 0 aliphatic heterocycles. The molecule has 7 nitrogen and oxygen atoms in total. The third-order valence-electron chi connectivity index (χ3n) is 5.49. The molecule has 4 rings (SSSR count). The lowest BCUT2D eigenvalue weighted by atomic mass is 10.1. The topological polar surface area (TPSA) is 77.2 Å². The molecule has 33 heavy (non-hydrogen) atoms. The summed E-state index contributed by atoms with van der Waals surface area (Å²) in [6.07, 6.45) is 0. The van der Waals surface area contributed by atoms with Gasteiger partial charge in [-0.15, -0.1) is 0 Å². The van der Waals surface area contributed by atoms with E-state index in [1.165, 1.54) is 4.90 Å². The van der Waals surface area contributed by atoms with Crippen molar-refractivity contribution in [1.82, 2.24) is 19.2 Å². The highest BCUT2D eigenvalue weighted by molar-refractivity contribution is 5.91. The maximum absolute atomic E-state index is 13.4. The number of hydrogen-bond acceptors (Lipinski definition) is 4. The van der Waals surface area contributed by atoms with Crippen molar-refractivity contribution in [2.75, 3.05) is 7.05 Å². The van der Waals surface area contributed by atoms with E-state index in [1.807, 2.05) is 66.7 Å². The second kappa shape index (κ2) is 9.48. The third kappa shape index (κ3) is 4.52. The molecule has 0 radical (unpaired) electrons. The Morgan fingerprint density at radius 2 is 1.42 bits per heavy atom. The van der Waals surface area contributed by atoms with Gasteiger partial charge in [-0.1, -0.05) is 78.9 Å². The van der Waals surface area contributed by atoms with Crippen molar-refractivity contribution in [3.63, 3.8) is 0 Å². The lowest BCUT2D eigenvalue weighted by Gasteiger charge is -2.20. The predicted molar refractivity (Wildman–Crippen MR) is 127 cm³/mol. The van der Waals surface area contributed by atoms with Gasteiger partial charge in [0.1, 0.15) is 0 Å². The molecule has 4 aromatic rings. The summed E-state index contributed by atoms with van der Waals surface area (Å²) in [6.45, 7) is 2.06. The van der Waals surface area contributed by atoms with Crippen molar-refractivity contribution >= 4 is 5.91 Å². The summed E-state index contributed by atoms with van der Waals surface area (Å²) in [6, 6.07) is 26.9. The SMILES string of the molecule is C[C@H](c1ccccc1)n1c(=O)c(C(=O)N(C)Cc2ccccc2)nn(-c2ccccc2)c1=O. The number of carbonyl (C=O) groups excluding carboxylic acids is 1. The fourth-order valence-corrected chi connectivity index (χ4v) is 3.69. The van der Waals surface area contributed by atoms with Crippen LogP contribution in [0.25, 0.3) is 5.69 Å². The summed E-state index contributed by atoms with van der Waals surface area (Å²) in [7, 11) is 1.61. The molecule has 3 aromatic carbocycles. The summed E-state index contributed by atoms with van der Waals surface area (Å²) < 4.78 is 2.21. The van der Waals surface area contributed by atoms with E-state index in [0.717, 1.165) is 20.4 Å². The predicted octanol–water partition coefficient (Wildman–Crippen LogP) is 3.28. The molecule has 0 fully saturated rings. The van der Waals surface area contributed by atoms with Gasteiger partial charge in [-0.05, 0) is 30.2 Å². The minimum absolute atomic E-state index is 0.305. The minimum Gasteiger partial charge on any atom is -0.336 e. The van der Waals surface area contributed by atoms with Crippen LogP contribution in [0.2, 0.25) is 0 Å². The van der Waals surface area contributed by atoms with Crippen LogP contribution in [0.1, 0.15) is 34.6 Å². The number of nitrogens with zero attached hydrogens (tertiary/aromatic N) is 4. The van der Waals surface area contributed by atoms with Crippen molar-refractivity contribution in [3.05, 3.63) is 129 Å². The van der Waals surface area contributed by atoms with Crippen molar-refractivity contribution in [1.29, 1.82) is 0 Å². The summed E-state index contributed by atoms with van der Waals surface area (Å²) in [5, 5.41) is 4.22. The zero-order valence-electron chi connectivity index (χ0n) is 18.5. The van der Waals surface area contributed by atoms with Gasteiger partial charge in [-0.25, -0.2) is 9.36 Å². The second-order valence-corrected chi connectivity index (χ2v) is 7.79. The number of carbonyl (C=O) groups is 1. The largest absolute Gasteiger partial charge is 0.352 e. The van der Waals surface area contributed by atoms with E-state index in [-0.39, 0.29) is 5.69 Å². The van der Waals surface area contributed by atoms with Crippen molar-refractivity contribution < 1.29 is 4.79 Å². The van der Waals surface area contributed by atoms with Crippen LogP contribution in [0.4, 0.5) is 0 Å². The minimum atomic E-state index is -0.714. The molecule has 0 bridgehead atoms. The molecule has 1 atom stereocenters. The monoisotopic (exact) mass is 440 g/mol. The van der Waals surface area contributed by atoms with Crippen LogP contribution in [-0.2, 0) is 6.54 Å². The average molecular weight is 441 g/mol. The second-order valence-electron chi connectivity index (χ2n) is 7.79. The molecular weight excluding hydrogens is 416 g/mol. The van der Waals surface area contributed by atoms with E-state index in [1.54, 1.807) is 38.2 Å². The van der Waals surface area contributed by atoms with Crippen LogP contribution < -0.4 is 11.2 Å². The van der Waals surface area contributed by atoms with Crippen LogP contribution in [0.15, 0.2) is 101 Å². The molecule has 0 aliphatic carbocycles. The van der Waals surface area contributed by atoms with Gasteiger partial charge in [-0.2, -0.15) is 9.78 Å². The first-order chi connectivity index (χ1) is 16.0. The highest BCUT2D eigenvalue weighted by Gasteiger charge is 2.25. The number of hydrogen-bond donors (Lipinski definition) is 0. The fourth-order valence-electron chi connectivity index (χ4n) is 3.69. The third-order valence-corrected chi connectivity index (χ3v) is 5.49. The number of aromatic nitrogens is 3. The maximum Gasteiger partial charge on any atom is 0.352 e. The smallest absolute Gasteiger partial charge is 0.336 e. The quantitative estimate of drug-likeness (QED) is 0.461. The first-order valence-electron chi connectivity index (χ1n) is 10.6. The van der Waals surface area contributed by atoms with Gasteiger partial charge in [0.25, 0.3) is 11.5 Å².